The van der Waals surface area contributed by atoms with Crippen molar-refractivity contribution in [3.63, 3.8) is 0 Å². The monoisotopic (exact) mass is 313 g/mol. The molecule has 1 atom stereocenters. The van der Waals surface area contributed by atoms with Crippen LogP contribution >= 0.6 is 23.2 Å². The summed E-state index contributed by atoms with van der Waals surface area (Å²) in [6.45, 7) is 3.66. The van der Waals surface area contributed by atoms with Gasteiger partial charge < -0.3 is 10.6 Å². The number of amides is 1. The predicted molar refractivity (Wildman–Crippen MR) is 81.4 cm³/mol. The number of halogens is 2. The Bertz CT molecular complexity index is 526. The fraction of sp³-hybridized carbons (Fsp3) is 0.500. The maximum atomic E-state index is 12.6. The van der Waals surface area contributed by atoms with Crippen LogP contribution in [0.3, 0.4) is 0 Å². The van der Waals surface area contributed by atoms with Crippen molar-refractivity contribution in [3.05, 3.63) is 27.7 Å². The summed E-state index contributed by atoms with van der Waals surface area (Å²) < 4.78 is 0. The number of hydrogen-bond acceptors (Lipinski definition) is 3. The first-order chi connectivity index (χ1) is 9.56. The number of nitrogens with zero attached hydrogens (tertiary/aromatic N) is 2. The third-order valence-electron chi connectivity index (χ3n) is 4.20. The Morgan fingerprint density at radius 3 is 2.60 bits per heavy atom. The van der Waals surface area contributed by atoms with Gasteiger partial charge in [0.2, 0.25) is 0 Å². The molecule has 108 valence electrons. The molecule has 1 unspecified atom stereocenters. The summed E-state index contributed by atoms with van der Waals surface area (Å²) in [5.74, 6) is -0.0136. The molecular formula is C14H17Cl2N3O. The van der Waals surface area contributed by atoms with Gasteiger partial charge in [-0.3, -0.25) is 9.69 Å². The summed E-state index contributed by atoms with van der Waals surface area (Å²) in [7, 11) is 0. The maximum absolute atomic E-state index is 12.6. The number of nitrogen functional groups attached to an aromatic ring is 1. The molecule has 2 aliphatic heterocycles. The smallest absolute Gasteiger partial charge is 0.254 e. The normalized spacial score (nSPS) is 22.9. The van der Waals surface area contributed by atoms with Gasteiger partial charge in [0.25, 0.3) is 5.91 Å². The molecule has 2 N–H and O–H groups in total. The lowest BCUT2D eigenvalue weighted by atomic mass is 10.1. The molecule has 6 heteroatoms. The van der Waals surface area contributed by atoms with Crippen molar-refractivity contribution in [2.24, 2.45) is 0 Å². The molecule has 0 aromatic heterocycles. The molecule has 0 radical (unpaired) electrons. The van der Waals surface area contributed by atoms with Crippen molar-refractivity contribution in [1.82, 2.24) is 9.80 Å². The van der Waals surface area contributed by atoms with E-state index in [2.05, 4.69) is 4.90 Å². The van der Waals surface area contributed by atoms with E-state index in [1.807, 2.05) is 4.90 Å². The summed E-state index contributed by atoms with van der Waals surface area (Å²) in [6, 6.07) is 3.71. The predicted octanol–water partition coefficient (Wildman–Crippen LogP) is 2.50. The van der Waals surface area contributed by atoms with Crippen molar-refractivity contribution in [2.75, 3.05) is 31.9 Å². The molecule has 1 aromatic carbocycles. The topological polar surface area (TPSA) is 49.6 Å². The number of nitrogens with two attached hydrogens (primary N) is 1. The number of benzene rings is 1. The quantitative estimate of drug-likeness (QED) is 0.810. The van der Waals surface area contributed by atoms with Crippen LogP contribution in [0.15, 0.2) is 12.1 Å². The van der Waals surface area contributed by atoms with Crippen LogP contribution in [0.25, 0.3) is 0 Å². The number of fused-ring (bicyclic) bond motifs is 1. The molecule has 4 nitrogen and oxygen atoms in total. The summed E-state index contributed by atoms with van der Waals surface area (Å²) in [6.07, 6.45) is 2.40. The zero-order chi connectivity index (χ0) is 14.3. The Hall–Kier alpha value is -0.970. The number of carbonyl (C=O) groups is 1. The van der Waals surface area contributed by atoms with E-state index < -0.39 is 0 Å². The molecule has 20 heavy (non-hydrogen) atoms. The number of piperazine rings is 1. The maximum Gasteiger partial charge on any atom is 0.254 e. The summed E-state index contributed by atoms with van der Waals surface area (Å²) in [5.41, 5.74) is 6.54. The second-order valence-corrected chi connectivity index (χ2v) is 6.25. The highest BCUT2D eigenvalue weighted by Gasteiger charge is 2.32. The zero-order valence-electron chi connectivity index (χ0n) is 11.1. The molecule has 0 aliphatic carbocycles. The average Bonchev–Trinajstić information content (AvgIpc) is 2.90. The van der Waals surface area contributed by atoms with Gasteiger partial charge in [0, 0.05) is 31.2 Å². The van der Waals surface area contributed by atoms with Crippen molar-refractivity contribution in [3.8, 4) is 0 Å². The van der Waals surface area contributed by atoms with Crippen molar-refractivity contribution >= 4 is 34.8 Å². The molecule has 0 saturated carbocycles. The van der Waals surface area contributed by atoms with E-state index in [4.69, 9.17) is 28.9 Å². The first-order valence-corrected chi connectivity index (χ1v) is 7.59. The lowest BCUT2D eigenvalue weighted by molar-refractivity contribution is 0.0571. The third kappa shape index (κ3) is 2.48. The van der Waals surface area contributed by atoms with E-state index in [0.717, 1.165) is 26.2 Å². The van der Waals surface area contributed by atoms with Crippen LogP contribution in [-0.4, -0.2) is 47.9 Å². The van der Waals surface area contributed by atoms with E-state index >= 15 is 0 Å². The Kier molecular flexibility index (Phi) is 3.80. The standard InChI is InChI=1S/C14H17Cl2N3O/c15-11-6-9(7-12(16)13(11)17)14(20)19-5-4-18-3-1-2-10(18)8-19/h6-7,10H,1-5,8,17H2. The second kappa shape index (κ2) is 5.43. The highest BCUT2D eigenvalue weighted by molar-refractivity contribution is 6.39. The van der Waals surface area contributed by atoms with Crippen LogP contribution in [0.1, 0.15) is 23.2 Å². The third-order valence-corrected chi connectivity index (χ3v) is 4.83. The van der Waals surface area contributed by atoms with E-state index in [1.54, 1.807) is 12.1 Å². The first kappa shape index (κ1) is 14.0. The fourth-order valence-electron chi connectivity index (χ4n) is 3.07. The van der Waals surface area contributed by atoms with Gasteiger partial charge in [-0.25, -0.2) is 0 Å². The highest BCUT2D eigenvalue weighted by Crippen LogP contribution is 2.30. The molecule has 3 rings (SSSR count). The van der Waals surface area contributed by atoms with Crippen LogP contribution in [0.4, 0.5) is 5.69 Å². The summed E-state index contributed by atoms with van der Waals surface area (Å²) in [5, 5.41) is 0.667. The number of anilines is 1. The van der Waals surface area contributed by atoms with Gasteiger partial charge >= 0.3 is 0 Å². The van der Waals surface area contributed by atoms with E-state index in [-0.39, 0.29) is 5.91 Å². The molecule has 2 heterocycles. The zero-order valence-corrected chi connectivity index (χ0v) is 12.6. The first-order valence-electron chi connectivity index (χ1n) is 6.84. The molecule has 0 spiro atoms. The molecule has 2 fully saturated rings. The molecular weight excluding hydrogens is 297 g/mol. The van der Waals surface area contributed by atoms with Crippen LogP contribution in [-0.2, 0) is 0 Å². The van der Waals surface area contributed by atoms with E-state index in [1.165, 1.54) is 12.8 Å². The summed E-state index contributed by atoms with van der Waals surface area (Å²) >= 11 is 12.0. The average molecular weight is 314 g/mol. The van der Waals surface area contributed by atoms with Crippen LogP contribution in [0.5, 0.6) is 0 Å². The number of carbonyl (C=O) groups excluding carboxylic acids is 1. The highest BCUT2D eigenvalue weighted by atomic mass is 35.5. The molecule has 2 aliphatic rings. The Balaban J connectivity index is 1.79. The van der Waals surface area contributed by atoms with Crippen molar-refractivity contribution < 1.29 is 4.79 Å². The number of rotatable bonds is 1. The van der Waals surface area contributed by atoms with Gasteiger partial charge in [-0.2, -0.15) is 0 Å². The molecule has 0 bridgehead atoms. The fourth-order valence-corrected chi connectivity index (χ4v) is 3.55. The molecule has 1 amide bonds. The van der Waals surface area contributed by atoms with Crippen LogP contribution in [0.2, 0.25) is 10.0 Å². The van der Waals surface area contributed by atoms with E-state index in [9.17, 15) is 4.79 Å². The van der Waals surface area contributed by atoms with Gasteiger partial charge in [-0.1, -0.05) is 23.2 Å². The SMILES string of the molecule is Nc1c(Cl)cc(C(=O)N2CCN3CCCC3C2)cc1Cl. The lowest BCUT2D eigenvalue weighted by Gasteiger charge is -2.37. The summed E-state index contributed by atoms with van der Waals surface area (Å²) in [4.78, 5) is 16.9. The minimum atomic E-state index is -0.0136. The minimum absolute atomic E-state index is 0.0136. The van der Waals surface area contributed by atoms with E-state index in [0.29, 0.717) is 27.3 Å². The Morgan fingerprint density at radius 1 is 1.20 bits per heavy atom. The van der Waals surface area contributed by atoms with Crippen LogP contribution in [0, 0.1) is 0 Å². The van der Waals surface area contributed by atoms with Gasteiger partial charge in [-0.05, 0) is 31.5 Å². The van der Waals surface area contributed by atoms with Gasteiger partial charge in [-0.15, -0.1) is 0 Å². The van der Waals surface area contributed by atoms with Gasteiger partial charge in [0.15, 0.2) is 0 Å². The molecule has 2 saturated heterocycles. The Morgan fingerprint density at radius 2 is 1.90 bits per heavy atom. The molecule has 1 aromatic rings. The van der Waals surface area contributed by atoms with Crippen molar-refractivity contribution in [1.29, 1.82) is 0 Å². The van der Waals surface area contributed by atoms with Crippen LogP contribution < -0.4 is 5.73 Å². The number of hydrogen-bond donors (Lipinski definition) is 1. The van der Waals surface area contributed by atoms with Gasteiger partial charge in [0.05, 0.1) is 15.7 Å². The Labute approximate surface area is 128 Å². The van der Waals surface area contributed by atoms with Gasteiger partial charge in [0.1, 0.15) is 0 Å². The second-order valence-electron chi connectivity index (χ2n) is 5.44. The minimum Gasteiger partial charge on any atom is -0.396 e. The largest absolute Gasteiger partial charge is 0.396 e. The van der Waals surface area contributed by atoms with Crippen molar-refractivity contribution in [2.45, 2.75) is 18.9 Å². The lowest BCUT2D eigenvalue weighted by Crippen LogP contribution is -2.52.